The van der Waals surface area contributed by atoms with Crippen LogP contribution in [-0.4, -0.2) is 33.0 Å². The number of nitrogens with zero attached hydrogens (tertiary/aromatic N) is 3. The van der Waals surface area contributed by atoms with E-state index in [2.05, 4.69) is 31.3 Å². The van der Waals surface area contributed by atoms with Crippen LogP contribution in [0.5, 0.6) is 0 Å². The van der Waals surface area contributed by atoms with Gasteiger partial charge in [0.25, 0.3) is 5.56 Å². The van der Waals surface area contributed by atoms with E-state index in [9.17, 15) is 4.79 Å². The number of para-hydroxylation sites is 1. The Bertz CT molecular complexity index is 866. The zero-order chi connectivity index (χ0) is 16.4. The number of hydrogen-bond donors (Lipinski definition) is 1. The summed E-state index contributed by atoms with van der Waals surface area (Å²) in [5.74, 6) is 0.852. The van der Waals surface area contributed by atoms with E-state index in [0.717, 1.165) is 10.2 Å². The standard InChI is InChI=1S/C15H14BrClN4OS/c1-2-23-15(6-10(17)7-18-8-15)20-21-9-19-13-11(14(21)22)4-3-5-12(13)16/h3-7,9,20H,2,8H2,1H3. The highest BCUT2D eigenvalue weighted by Gasteiger charge is 2.30. The summed E-state index contributed by atoms with van der Waals surface area (Å²) in [4.78, 5) is 20.8. The van der Waals surface area contributed by atoms with Gasteiger partial charge < -0.3 is 0 Å². The van der Waals surface area contributed by atoms with Gasteiger partial charge in [-0.25, -0.2) is 9.66 Å². The van der Waals surface area contributed by atoms with Crippen molar-refractivity contribution in [2.75, 3.05) is 17.7 Å². The van der Waals surface area contributed by atoms with Crippen molar-refractivity contribution in [1.29, 1.82) is 0 Å². The number of nitrogens with one attached hydrogen (secondary N) is 1. The smallest absolute Gasteiger partial charge is 0.279 e. The van der Waals surface area contributed by atoms with E-state index >= 15 is 0 Å². The molecule has 0 saturated heterocycles. The molecule has 1 unspecified atom stereocenters. The molecule has 5 nitrogen and oxygen atoms in total. The lowest BCUT2D eigenvalue weighted by Gasteiger charge is -2.32. The zero-order valence-electron chi connectivity index (χ0n) is 12.3. The van der Waals surface area contributed by atoms with Crippen molar-refractivity contribution >= 4 is 56.4 Å². The van der Waals surface area contributed by atoms with Crippen LogP contribution in [-0.2, 0) is 0 Å². The van der Waals surface area contributed by atoms with E-state index in [1.54, 1.807) is 24.0 Å². The van der Waals surface area contributed by atoms with E-state index in [0.29, 0.717) is 22.5 Å². The summed E-state index contributed by atoms with van der Waals surface area (Å²) >= 11 is 11.2. The monoisotopic (exact) mass is 412 g/mol. The number of rotatable bonds is 4. The van der Waals surface area contributed by atoms with Crippen molar-refractivity contribution in [3.8, 4) is 0 Å². The number of fused-ring (bicyclic) bond motifs is 1. The zero-order valence-corrected chi connectivity index (χ0v) is 15.5. The Hall–Kier alpha value is -1.31. The van der Waals surface area contributed by atoms with E-state index in [1.807, 2.05) is 25.1 Å². The van der Waals surface area contributed by atoms with Gasteiger partial charge >= 0.3 is 0 Å². The molecule has 0 bridgehead atoms. The third kappa shape index (κ3) is 3.32. The molecule has 1 aromatic carbocycles. The summed E-state index contributed by atoms with van der Waals surface area (Å²) in [5.41, 5.74) is 3.70. The van der Waals surface area contributed by atoms with Crippen LogP contribution in [0.2, 0.25) is 0 Å². The van der Waals surface area contributed by atoms with Crippen molar-refractivity contribution in [3.63, 3.8) is 0 Å². The molecule has 0 saturated carbocycles. The second kappa shape index (κ2) is 6.67. The molecule has 1 aliphatic heterocycles. The molecule has 0 fully saturated rings. The fraction of sp³-hybridized carbons (Fsp3) is 0.267. The van der Waals surface area contributed by atoms with Gasteiger partial charge in [-0.2, -0.15) is 0 Å². The van der Waals surface area contributed by atoms with Gasteiger partial charge in [-0.1, -0.05) is 24.6 Å². The van der Waals surface area contributed by atoms with Crippen LogP contribution in [0.25, 0.3) is 10.9 Å². The van der Waals surface area contributed by atoms with Gasteiger partial charge in [-0.05, 0) is 39.9 Å². The fourth-order valence-electron chi connectivity index (χ4n) is 2.42. The SMILES string of the molecule is CCSC1(Nn2cnc3c(Br)cccc3c2=O)C=C(Cl)C=NC1. The van der Waals surface area contributed by atoms with E-state index in [-0.39, 0.29) is 5.56 Å². The maximum atomic E-state index is 12.7. The first-order valence-corrected chi connectivity index (χ1v) is 9.16. The van der Waals surface area contributed by atoms with Crippen molar-refractivity contribution < 1.29 is 0 Å². The van der Waals surface area contributed by atoms with Crippen LogP contribution < -0.4 is 11.0 Å². The minimum Gasteiger partial charge on any atom is -0.300 e. The van der Waals surface area contributed by atoms with Gasteiger partial charge in [-0.3, -0.25) is 15.2 Å². The Morgan fingerprint density at radius 3 is 3.09 bits per heavy atom. The van der Waals surface area contributed by atoms with Crippen LogP contribution in [0.1, 0.15) is 6.92 Å². The molecule has 0 radical (unpaired) electrons. The number of aromatic nitrogens is 2. The van der Waals surface area contributed by atoms with Gasteiger partial charge in [0, 0.05) is 10.7 Å². The van der Waals surface area contributed by atoms with Crippen LogP contribution in [0.15, 0.2) is 49.9 Å². The lowest BCUT2D eigenvalue weighted by Crippen LogP contribution is -2.46. The second-order valence-electron chi connectivity index (χ2n) is 4.99. The number of aliphatic imine (C=N–C) groups is 1. The van der Waals surface area contributed by atoms with E-state index in [1.165, 1.54) is 11.0 Å². The quantitative estimate of drug-likeness (QED) is 0.781. The molecule has 1 aliphatic rings. The van der Waals surface area contributed by atoms with Crippen molar-refractivity contribution in [1.82, 2.24) is 9.66 Å². The first-order chi connectivity index (χ1) is 11.0. The highest BCUT2D eigenvalue weighted by molar-refractivity contribution is 9.10. The Morgan fingerprint density at radius 1 is 1.52 bits per heavy atom. The third-order valence-electron chi connectivity index (χ3n) is 3.36. The summed E-state index contributed by atoms with van der Waals surface area (Å²) < 4.78 is 2.20. The molecule has 1 aromatic heterocycles. The summed E-state index contributed by atoms with van der Waals surface area (Å²) in [5, 5.41) is 1.09. The first kappa shape index (κ1) is 16.5. The minimum absolute atomic E-state index is 0.161. The summed E-state index contributed by atoms with van der Waals surface area (Å²) in [7, 11) is 0. The van der Waals surface area contributed by atoms with Crippen LogP contribution in [0, 0.1) is 0 Å². The lowest BCUT2D eigenvalue weighted by atomic mass is 10.2. The number of allylic oxidation sites excluding steroid dienone is 1. The van der Waals surface area contributed by atoms with Gasteiger partial charge in [0.1, 0.15) is 11.2 Å². The van der Waals surface area contributed by atoms with Crippen LogP contribution >= 0.6 is 39.3 Å². The molecule has 2 heterocycles. The first-order valence-electron chi connectivity index (χ1n) is 7.01. The fourth-order valence-corrected chi connectivity index (χ4v) is 4.26. The average molecular weight is 414 g/mol. The second-order valence-corrected chi connectivity index (χ2v) is 7.87. The molecule has 1 atom stereocenters. The van der Waals surface area contributed by atoms with Crippen LogP contribution in [0.4, 0.5) is 0 Å². The largest absolute Gasteiger partial charge is 0.300 e. The predicted octanol–water partition coefficient (Wildman–Crippen LogP) is 3.36. The highest BCUT2D eigenvalue weighted by atomic mass is 79.9. The van der Waals surface area contributed by atoms with Crippen LogP contribution in [0.3, 0.4) is 0 Å². The maximum absolute atomic E-state index is 12.7. The topological polar surface area (TPSA) is 59.3 Å². The van der Waals surface area contributed by atoms with Gasteiger partial charge in [0.2, 0.25) is 0 Å². The average Bonchev–Trinajstić information content (AvgIpc) is 2.51. The number of thioether (sulfide) groups is 1. The Balaban J connectivity index is 2.05. The Morgan fingerprint density at radius 2 is 2.35 bits per heavy atom. The summed E-state index contributed by atoms with van der Waals surface area (Å²) in [6.45, 7) is 2.54. The lowest BCUT2D eigenvalue weighted by molar-refractivity contribution is 0.671. The van der Waals surface area contributed by atoms with Crippen molar-refractivity contribution in [2.45, 2.75) is 11.8 Å². The number of hydrogen-bond acceptors (Lipinski definition) is 5. The molecule has 0 aliphatic carbocycles. The minimum atomic E-state index is -0.564. The van der Waals surface area contributed by atoms with E-state index in [4.69, 9.17) is 11.6 Å². The maximum Gasteiger partial charge on any atom is 0.279 e. The third-order valence-corrected chi connectivity index (χ3v) is 5.35. The normalized spacial score (nSPS) is 20.6. The summed E-state index contributed by atoms with van der Waals surface area (Å²) in [6, 6.07) is 5.44. The molecule has 0 spiro atoms. The molecule has 120 valence electrons. The molecule has 0 amide bonds. The molecule has 3 rings (SSSR count). The number of dihydropyridines is 1. The van der Waals surface area contributed by atoms with Gasteiger partial charge in [-0.15, -0.1) is 11.8 Å². The predicted molar refractivity (Wildman–Crippen MR) is 101 cm³/mol. The molecular weight excluding hydrogens is 400 g/mol. The van der Waals surface area contributed by atoms with Gasteiger partial charge in [0.05, 0.1) is 22.5 Å². The Labute approximate surface area is 150 Å². The molecule has 8 heteroatoms. The molecule has 23 heavy (non-hydrogen) atoms. The highest BCUT2D eigenvalue weighted by Crippen LogP contribution is 2.30. The van der Waals surface area contributed by atoms with Crippen molar-refractivity contribution in [2.24, 2.45) is 4.99 Å². The van der Waals surface area contributed by atoms with E-state index < -0.39 is 4.87 Å². The molecular formula is C15H14BrClN4OS. The Kier molecular flexibility index (Phi) is 4.79. The van der Waals surface area contributed by atoms with Crippen molar-refractivity contribution in [3.05, 3.63) is 50.5 Å². The summed E-state index contributed by atoms with van der Waals surface area (Å²) in [6.07, 6.45) is 5.00. The molecule has 1 N–H and O–H groups in total. The number of benzene rings is 1. The number of halogens is 2. The molecule has 2 aromatic rings. The van der Waals surface area contributed by atoms with Gasteiger partial charge in [0.15, 0.2) is 0 Å².